The molecule has 0 aliphatic heterocycles. The summed E-state index contributed by atoms with van der Waals surface area (Å²) in [6.07, 6.45) is -4.47. The normalized spacial score (nSPS) is 11.8. The molecule has 19 heavy (non-hydrogen) atoms. The first-order chi connectivity index (χ1) is 8.58. The number of halogens is 3. The Morgan fingerprint density at radius 3 is 2.37 bits per heavy atom. The molecule has 0 spiro atoms. The van der Waals surface area contributed by atoms with Gasteiger partial charge in [0.15, 0.2) is 0 Å². The molecule has 0 bridgehead atoms. The molecule has 0 saturated carbocycles. The van der Waals surface area contributed by atoms with Crippen molar-refractivity contribution in [1.82, 2.24) is 0 Å². The van der Waals surface area contributed by atoms with E-state index < -0.39 is 23.1 Å². The molecule has 0 radical (unpaired) electrons. The van der Waals surface area contributed by atoms with Crippen LogP contribution in [0.4, 0.5) is 18.9 Å². The van der Waals surface area contributed by atoms with E-state index in [4.69, 9.17) is 5.26 Å². The van der Waals surface area contributed by atoms with Gasteiger partial charge in [-0.3, -0.25) is 4.79 Å². The van der Waals surface area contributed by atoms with Crippen molar-refractivity contribution in [1.29, 1.82) is 5.26 Å². The molecule has 0 fully saturated rings. The molecule has 1 amide bonds. The number of carbonyl (C=O) groups is 1. The van der Waals surface area contributed by atoms with E-state index in [-0.39, 0.29) is 5.69 Å². The molecule has 1 N–H and O–H groups in total. The minimum absolute atomic E-state index is 0.0585. The molecule has 0 atom stereocenters. The van der Waals surface area contributed by atoms with E-state index in [0.29, 0.717) is 5.56 Å². The van der Waals surface area contributed by atoms with Crippen LogP contribution in [-0.2, 0) is 11.0 Å². The third-order valence-electron chi connectivity index (χ3n) is 2.66. The molecule has 0 aliphatic rings. The van der Waals surface area contributed by atoms with Gasteiger partial charge < -0.3 is 5.32 Å². The van der Waals surface area contributed by atoms with E-state index in [1.807, 2.05) is 0 Å². The zero-order valence-electron chi connectivity index (χ0n) is 10.7. The van der Waals surface area contributed by atoms with Crippen LogP contribution in [0.15, 0.2) is 18.2 Å². The zero-order chi connectivity index (χ0) is 14.8. The van der Waals surface area contributed by atoms with Crippen molar-refractivity contribution in [2.45, 2.75) is 26.9 Å². The Kier molecular flexibility index (Phi) is 3.89. The lowest BCUT2D eigenvalue weighted by atomic mass is 9.94. The molecular weight excluding hydrogens is 257 g/mol. The van der Waals surface area contributed by atoms with Gasteiger partial charge in [0, 0.05) is 5.69 Å². The van der Waals surface area contributed by atoms with Crippen molar-refractivity contribution in [3.63, 3.8) is 0 Å². The Bertz CT molecular complexity index is 542. The molecule has 3 nitrogen and oxygen atoms in total. The van der Waals surface area contributed by atoms with Crippen molar-refractivity contribution < 1.29 is 18.0 Å². The van der Waals surface area contributed by atoms with Crippen molar-refractivity contribution in [3.05, 3.63) is 29.3 Å². The molecule has 0 aliphatic carbocycles. The number of nitrogens with one attached hydrogen (secondary N) is 1. The van der Waals surface area contributed by atoms with Crippen LogP contribution in [0.25, 0.3) is 0 Å². The highest BCUT2D eigenvalue weighted by atomic mass is 19.4. The summed E-state index contributed by atoms with van der Waals surface area (Å²) >= 11 is 0. The second kappa shape index (κ2) is 4.92. The molecule has 0 saturated heterocycles. The number of nitriles is 1. The van der Waals surface area contributed by atoms with Crippen LogP contribution in [0.2, 0.25) is 0 Å². The second-order valence-electron chi connectivity index (χ2n) is 4.72. The number of aryl methyl sites for hydroxylation is 1. The number of carbonyl (C=O) groups excluding carboxylic acids is 1. The van der Waals surface area contributed by atoms with Gasteiger partial charge in [-0.1, -0.05) is 6.07 Å². The summed E-state index contributed by atoms with van der Waals surface area (Å²) in [4.78, 5) is 11.8. The van der Waals surface area contributed by atoms with E-state index in [0.717, 1.165) is 12.1 Å². The van der Waals surface area contributed by atoms with Crippen LogP contribution >= 0.6 is 0 Å². The van der Waals surface area contributed by atoms with Crippen LogP contribution in [-0.4, -0.2) is 5.91 Å². The summed E-state index contributed by atoms with van der Waals surface area (Å²) in [7, 11) is 0. The summed E-state index contributed by atoms with van der Waals surface area (Å²) < 4.78 is 37.7. The van der Waals surface area contributed by atoms with Crippen LogP contribution in [0.3, 0.4) is 0 Å². The van der Waals surface area contributed by atoms with Gasteiger partial charge in [-0.05, 0) is 38.5 Å². The number of benzene rings is 1. The van der Waals surface area contributed by atoms with Gasteiger partial charge in [0.25, 0.3) is 0 Å². The van der Waals surface area contributed by atoms with Crippen molar-refractivity contribution >= 4 is 11.6 Å². The summed E-state index contributed by atoms with van der Waals surface area (Å²) in [6.45, 7) is 4.37. The van der Waals surface area contributed by atoms with Gasteiger partial charge >= 0.3 is 6.18 Å². The maximum absolute atomic E-state index is 12.6. The monoisotopic (exact) mass is 270 g/mol. The molecule has 0 unspecified atom stereocenters. The quantitative estimate of drug-likeness (QED) is 0.894. The summed E-state index contributed by atoms with van der Waals surface area (Å²) in [5, 5.41) is 11.2. The Balaban J connectivity index is 3.09. The van der Waals surface area contributed by atoms with Gasteiger partial charge in [-0.15, -0.1) is 0 Å². The molecular formula is C13H13F3N2O. The topological polar surface area (TPSA) is 52.9 Å². The fraction of sp³-hybridized carbons (Fsp3) is 0.385. The van der Waals surface area contributed by atoms with E-state index in [1.54, 1.807) is 13.0 Å². The number of alkyl halides is 3. The first kappa shape index (κ1) is 15.0. The number of rotatable bonds is 2. The average Bonchev–Trinajstić information content (AvgIpc) is 2.30. The first-order valence-corrected chi connectivity index (χ1v) is 5.48. The minimum Gasteiger partial charge on any atom is -0.324 e. The third kappa shape index (κ3) is 3.47. The van der Waals surface area contributed by atoms with Crippen molar-refractivity contribution in [2.24, 2.45) is 5.41 Å². The number of anilines is 1. The lowest BCUT2D eigenvalue weighted by molar-refractivity contribution is -0.137. The first-order valence-electron chi connectivity index (χ1n) is 5.48. The van der Waals surface area contributed by atoms with E-state index in [1.165, 1.54) is 19.9 Å². The maximum Gasteiger partial charge on any atom is 0.416 e. The standard InChI is InChI=1S/C13H13F3N2O/c1-8-4-5-9(13(14,15)16)6-10(8)18-11(19)12(2,3)7-17/h4-6H,1-3H3,(H,18,19). The number of hydrogen-bond donors (Lipinski definition) is 1. The molecule has 102 valence electrons. The molecule has 0 heterocycles. The Morgan fingerprint density at radius 1 is 1.32 bits per heavy atom. The molecule has 6 heteroatoms. The third-order valence-corrected chi connectivity index (χ3v) is 2.66. The number of amides is 1. The van der Waals surface area contributed by atoms with Crippen LogP contribution in [0, 0.1) is 23.7 Å². The number of hydrogen-bond acceptors (Lipinski definition) is 2. The average molecular weight is 270 g/mol. The summed E-state index contributed by atoms with van der Waals surface area (Å²) in [6, 6.07) is 4.87. The highest BCUT2D eigenvalue weighted by Crippen LogP contribution is 2.32. The predicted octanol–water partition coefficient (Wildman–Crippen LogP) is 3.50. The minimum atomic E-state index is -4.47. The molecule has 1 rings (SSSR count). The molecule has 0 aromatic heterocycles. The van der Waals surface area contributed by atoms with Gasteiger partial charge in [0.05, 0.1) is 11.6 Å². The maximum atomic E-state index is 12.6. The van der Waals surface area contributed by atoms with Gasteiger partial charge in [-0.25, -0.2) is 0 Å². The SMILES string of the molecule is Cc1ccc(C(F)(F)F)cc1NC(=O)C(C)(C)C#N. The van der Waals surface area contributed by atoms with Gasteiger partial charge in [0.2, 0.25) is 5.91 Å². The van der Waals surface area contributed by atoms with E-state index in [2.05, 4.69) is 5.32 Å². The van der Waals surface area contributed by atoms with Crippen LogP contribution in [0.5, 0.6) is 0 Å². The molecule has 1 aromatic rings. The Morgan fingerprint density at radius 2 is 1.89 bits per heavy atom. The number of nitrogens with zero attached hydrogens (tertiary/aromatic N) is 1. The predicted molar refractivity (Wildman–Crippen MR) is 64.2 cm³/mol. The van der Waals surface area contributed by atoms with Gasteiger partial charge in [-0.2, -0.15) is 18.4 Å². The van der Waals surface area contributed by atoms with E-state index in [9.17, 15) is 18.0 Å². The zero-order valence-corrected chi connectivity index (χ0v) is 10.7. The van der Waals surface area contributed by atoms with Crippen molar-refractivity contribution in [3.8, 4) is 6.07 Å². The second-order valence-corrected chi connectivity index (χ2v) is 4.72. The smallest absolute Gasteiger partial charge is 0.324 e. The van der Waals surface area contributed by atoms with Gasteiger partial charge in [0.1, 0.15) is 5.41 Å². The van der Waals surface area contributed by atoms with E-state index >= 15 is 0 Å². The van der Waals surface area contributed by atoms with Crippen molar-refractivity contribution in [2.75, 3.05) is 5.32 Å². The molecule has 1 aromatic carbocycles. The van der Waals surface area contributed by atoms with Crippen LogP contribution in [0.1, 0.15) is 25.0 Å². The highest BCUT2D eigenvalue weighted by Gasteiger charge is 2.32. The fourth-order valence-electron chi connectivity index (χ4n) is 1.26. The van der Waals surface area contributed by atoms with Crippen LogP contribution < -0.4 is 5.32 Å². The Labute approximate surface area is 109 Å². The largest absolute Gasteiger partial charge is 0.416 e. The lowest BCUT2D eigenvalue weighted by Crippen LogP contribution is -2.29. The Hall–Kier alpha value is -2.03. The lowest BCUT2D eigenvalue weighted by Gasteiger charge is -2.17. The summed E-state index contributed by atoms with van der Waals surface area (Å²) in [5.74, 6) is -0.641. The fourth-order valence-corrected chi connectivity index (χ4v) is 1.26. The highest BCUT2D eigenvalue weighted by molar-refractivity contribution is 5.97. The summed E-state index contributed by atoms with van der Waals surface area (Å²) in [5.41, 5.74) is -1.60.